The second-order valence-electron chi connectivity index (χ2n) is 4.44. The van der Waals surface area contributed by atoms with E-state index in [1.165, 1.54) is 12.8 Å². The maximum atomic E-state index is 6.00. The average Bonchev–Trinajstić information content (AvgIpc) is 3.16. The number of nitrogens with zero attached hydrogens (tertiary/aromatic N) is 2. The molecule has 1 heterocycles. The van der Waals surface area contributed by atoms with Gasteiger partial charge in [0.1, 0.15) is 5.82 Å². The summed E-state index contributed by atoms with van der Waals surface area (Å²) in [5, 5.41) is 1.01. The fraction of sp³-hybridized carbons (Fsp3) is 0.231. The predicted octanol–water partition coefficient (Wildman–Crippen LogP) is 3.91. The summed E-state index contributed by atoms with van der Waals surface area (Å²) in [6.45, 7) is 0. The first-order chi connectivity index (χ1) is 8.63. The Labute approximate surface area is 115 Å². The van der Waals surface area contributed by atoms with E-state index in [0.29, 0.717) is 27.6 Å². The molecule has 0 radical (unpaired) electrons. The molecule has 1 aromatic carbocycles. The van der Waals surface area contributed by atoms with Gasteiger partial charge in [-0.2, -0.15) is 0 Å². The van der Waals surface area contributed by atoms with E-state index in [1.54, 1.807) is 12.1 Å². The summed E-state index contributed by atoms with van der Waals surface area (Å²) < 4.78 is 0. The van der Waals surface area contributed by atoms with Crippen LogP contribution < -0.4 is 5.73 Å². The third kappa shape index (κ3) is 2.28. The summed E-state index contributed by atoms with van der Waals surface area (Å²) in [6, 6.07) is 7.19. The lowest BCUT2D eigenvalue weighted by Gasteiger charge is -2.06. The molecule has 1 aromatic heterocycles. The van der Waals surface area contributed by atoms with Crippen molar-refractivity contribution < 1.29 is 0 Å². The summed E-state index contributed by atoms with van der Waals surface area (Å²) in [5.41, 5.74) is 7.67. The van der Waals surface area contributed by atoms with Gasteiger partial charge in [-0.3, -0.25) is 0 Å². The molecule has 0 amide bonds. The second kappa shape index (κ2) is 4.41. The van der Waals surface area contributed by atoms with Gasteiger partial charge < -0.3 is 5.73 Å². The summed E-state index contributed by atoms with van der Waals surface area (Å²) in [7, 11) is 0. The highest BCUT2D eigenvalue weighted by atomic mass is 35.5. The predicted molar refractivity (Wildman–Crippen MR) is 73.9 cm³/mol. The molecule has 0 atom stereocenters. The van der Waals surface area contributed by atoms with Crippen molar-refractivity contribution in [3.8, 4) is 11.4 Å². The Hall–Kier alpha value is -1.32. The number of benzene rings is 1. The molecular formula is C13H11Cl2N3. The van der Waals surface area contributed by atoms with Gasteiger partial charge in [-0.1, -0.05) is 23.2 Å². The van der Waals surface area contributed by atoms with E-state index in [4.69, 9.17) is 28.9 Å². The Morgan fingerprint density at radius 3 is 2.50 bits per heavy atom. The van der Waals surface area contributed by atoms with Crippen LogP contribution in [0.1, 0.15) is 24.5 Å². The van der Waals surface area contributed by atoms with Crippen molar-refractivity contribution in [3.63, 3.8) is 0 Å². The van der Waals surface area contributed by atoms with Crippen LogP contribution in [0, 0.1) is 0 Å². The minimum absolute atomic E-state index is 0.493. The smallest absolute Gasteiger partial charge is 0.161 e. The molecule has 3 rings (SSSR count). The van der Waals surface area contributed by atoms with Crippen molar-refractivity contribution in [2.75, 3.05) is 5.73 Å². The number of hydrogen-bond acceptors (Lipinski definition) is 3. The zero-order chi connectivity index (χ0) is 12.7. The number of nitrogen functional groups attached to an aromatic ring is 1. The fourth-order valence-electron chi connectivity index (χ4n) is 1.84. The second-order valence-corrected chi connectivity index (χ2v) is 5.26. The molecule has 1 aliphatic rings. The lowest BCUT2D eigenvalue weighted by Crippen LogP contribution is -1.99. The van der Waals surface area contributed by atoms with E-state index in [-0.39, 0.29) is 0 Å². The molecule has 2 N–H and O–H groups in total. The highest BCUT2D eigenvalue weighted by Crippen LogP contribution is 2.40. The van der Waals surface area contributed by atoms with Crippen LogP contribution in [0.5, 0.6) is 0 Å². The van der Waals surface area contributed by atoms with Crippen molar-refractivity contribution in [1.82, 2.24) is 9.97 Å². The highest BCUT2D eigenvalue weighted by Gasteiger charge is 2.26. The maximum absolute atomic E-state index is 6.00. The van der Waals surface area contributed by atoms with Crippen molar-refractivity contribution in [1.29, 1.82) is 0 Å². The number of halogens is 2. The molecule has 1 fully saturated rings. The number of rotatable bonds is 2. The van der Waals surface area contributed by atoms with Gasteiger partial charge >= 0.3 is 0 Å². The number of hydrogen-bond donors (Lipinski definition) is 1. The molecule has 0 unspecified atom stereocenters. The van der Waals surface area contributed by atoms with E-state index >= 15 is 0 Å². The van der Waals surface area contributed by atoms with E-state index in [2.05, 4.69) is 9.97 Å². The first-order valence-electron chi connectivity index (χ1n) is 5.73. The van der Waals surface area contributed by atoms with Gasteiger partial charge in [0.05, 0.1) is 10.0 Å². The third-order valence-electron chi connectivity index (χ3n) is 2.94. The fourth-order valence-corrected chi connectivity index (χ4v) is 2.14. The van der Waals surface area contributed by atoms with Gasteiger partial charge in [0.25, 0.3) is 0 Å². The van der Waals surface area contributed by atoms with Crippen LogP contribution in [0.15, 0.2) is 24.3 Å². The van der Waals surface area contributed by atoms with Crippen LogP contribution in [0.4, 0.5) is 5.82 Å². The van der Waals surface area contributed by atoms with E-state index < -0.39 is 0 Å². The zero-order valence-electron chi connectivity index (χ0n) is 9.53. The molecule has 1 aliphatic carbocycles. The van der Waals surface area contributed by atoms with Crippen LogP contribution in [0.3, 0.4) is 0 Å². The summed E-state index contributed by atoms with van der Waals surface area (Å²) in [6.07, 6.45) is 2.36. The first-order valence-corrected chi connectivity index (χ1v) is 6.49. The average molecular weight is 280 g/mol. The number of aromatic nitrogens is 2. The summed E-state index contributed by atoms with van der Waals surface area (Å²) >= 11 is 11.9. The highest BCUT2D eigenvalue weighted by molar-refractivity contribution is 6.42. The summed E-state index contributed by atoms with van der Waals surface area (Å²) in [4.78, 5) is 8.79. The van der Waals surface area contributed by atoms with E-state index in [1.807, 2.05) is 12.1 Å². The molecule has 18 heavy (non-hydrogen) atoms. The van der Waals surface area contributed by atoms with Crippen LogP contribution in [0.25, 0.3) is 11.4 Å². The topological polar surface area (TPSA) is 51.8 Å². The molecular weight excluding hydrogens is 269 g/mol. The SMILES string of the molecule is Nc1cc(C2CC2)nc(-c2ccc(Cl)c(Cl)c2)n1. The molecule has 5 heteroatoms. The van der Waals surface area contributed by atoms with Crippen LogP contribution >= 0.6 is 23.2 Å². The van der Waals surface area contributed by atoms with Gasteiger partial charge in [-0.05, 0) is 31.0 Å². The Kier molecular flexibility index (Phi) is 2.88. The normalized spacial score (nSPS) is 14.8. The maximum Gasteiger partial charge on any atom is 0.161 e. The zero-order valence-corrected chi connectivity index (χ0v) is 11.0. The third-order valence-corrected chi connectivity index (χ3v) is 3.68. The van der Waals surface area contributed by atoms with Crippen molar-refractivity contribution in [2.45, 2.75) is 18.8 Å². The number of anilines is 1. The van der Waals surface area contributed by atoms with E-state index in [0.717, 1.165) is 11.3 Å². The van der Waals surface area contributed by atoms with Crippen LogP contribution in [-0.4, -0.2) is 9.97 Å². The van der Waals surface area contributed by atoms with Crippen molar-refractivity contribution in [3.05, 3.63) is 40.0 Å². The lowest BCUT2D eigenvalue weighted by atomic mass is 10.2. The van der Waals surface area contributed by atoms with Crippen molar-refractivity contribution >= 4 is 29.0 Å². The molecule has 0 spiro atoms. The minimum atomic E-state index is 0.493. The van der Waals surface area contributed by atoms with Crippen LogP contribution in [-0.2, 0) is 0 Å². The Bertz CT molecular complexity index is 609. The quantitative estimate of drug-likeness (QED) is 0.907. The van der Waals surface area contributed by atoms with E-state index in [9.17, 15) is 0 Å². The van der Waals surface area contributed by atoms with Gasteiger partial charge in [0, 0.05) is 23.2 Å². The largest absolute Gasteiger partial charge is 0.384 e. The standard InChI is InChI=1S/C13H11Cl2N3/c14-9-4-3-8(5-10(9)15)13-17-11(7-1-2-7)6-12(16)18-13/h3-7H,1-2H2,(H2,16,17,18). The monoisotopic (exact) mass is 279 g/mol. The summed E-state index contributed by atoms with van der Waals surface area (Å²) in [5.74, 6) is 1.64. The molecule has 0 aliphatic heterocycles. The van der Waals surface area contributed by atoms with Gasteiger partial charge in [-0.15, -0.1) is 0 Å². The molecule has 0 bridgehead atoms. The number of nitrogens with two attached hydrogens (primary N) is 1. The molecule has 1 saturated carbocycles. The van der Waals surface area contributed by atoms with Gasteiger partial charge in [0.2, 0.25) is 0 Å². The van der Waals surface area contributed by atoms with Crippen LogP contribution in [0.2, 0.25) is 10.0 Å². The molecule has 92 valence electrons. The van der Waals surface area contributed by atoms with Gasteiger partial charge in [0.15, 0.2) is 5.82 Å². The Balaban J connectivity index is 2.07. The van der Waals surface area contributed by atoms with Crippen molar-refractivity contribution in [2.24, 2.45) is 0 Å². The molecule has 0 saturated heterocycles. The lowest BCUT2D eigenvalue weighted by molar-refractivity contribution is 0.998. The minimum Gasteiger partial charge on any atom is -0.384 e. The molecule has 3 nitrogen and oxygen atoms in total. The molecule has 2 aromatic rings. The Morgan fingerprint density at radius 1 is 1.06 bits per heavy atom. The Morgan fingerprint density at radius 2 is 1.83 bits per heavy atom. The van der Waals surface area contributed by atoms with Gasteiger partial charge in [-0.25, -0.2) is 9.97 Å². The first kappa shape index (κ1) is 11.8.